The maximum absolute atomic E-state index is 13.7. The molecule has 0 bridgehead atoms. The highest BCUT2D eigenvalue weighted by molar-refractivity contribution is 6.35. The van der Waals surface area contributed by atoms with Gasteiger partial charge in [-0.15, -0.1) is 0 Å². The molecule has 3 N–H and O–H groups in total. The number of pyridine rings is 1. The molecule has 0 aliphatic carbocycles. The van der Waals surface area contributed by atoms with Gasteiger partial charge >= 0.3 is 0 Å². The quantitative estimate of drug-likeness (QED) is 0.653. The number of rotatable bonds is 3. The molecule has 17 heavy (non-hydrogen) atoms. The summed E-state index contributed by atoms with van der Waals surface area (Å²) in [5, 5.41) is 0.649. The Morgan fingerprint density at radius 1 is 1.53 bits per heavy atom. The number of benzene rings is 1. The minimum atomic E-state index is -0.422. The lowest BCUT2D eigenvalue weighted by Crippen LogP contribution is -2.09. The zero-order chi connectivity index (χ0) is 12.4. The highest BCUT2D eigenvalue weighted by Gasteiger charge is 2.12. The molecule has 0 saturated carbocycles. The summed E-state index contributed by atoms with van der Waals surface area (Å²) in [6.07, 6.45) is 0. The summed E-state index contributed by atoms with van der Waals surface area (Å²) >= 11 is 5.99. The number of nitrogens with one attached hydrogen (secondary N) is 1. The van der Waals surface area contributed by atoms with Crippen molar-refractivity contribution < 1.29 is 9.13 Å². The summed E-state index contributed by atoms with van der Waals surface area (Å²) in [5.74, 6) is 4.95. The van der Waals surface area contributed by atoms with Crippen LogP contribution in [0.2, 0.25) is 5.02 Å². The van der Waals surface area contributed by atoms with Gasteiger partial charge in [0.1, 0.15) is 5.82 Å². The van der Waals surface area contributed by atoms with Crippen molar-refractivity contribution in [3.05, 3.63) is 34.7 Å². The molecule has 4 nitrogen and oxygen atoms in total. The van der Waals surface area contributed by atoms with Crippen LogP contribution >= 0.6 is 11.6 Å². The molecule has 0 unspecified atom stereocenters. The molecule has 1 aromatic carbocycles. The summed E-state index contributed by atoms with van der Waals surface area (Å²) in [6, 6.07) is 4.37. The lowest BCUT2D eigenvalue weighted by atomic mass is 10.1. The number of nitrogen functional groups attached to an aromatic ring is 1. The summed E-state index contributed by atoms with van der Waals surface area (Å²) in [7, 11) is 1.55. The minimum absolute atomic E-state index is 0.278. The maximum atomic E-state index is 13.7. The van der Waals surface area contributed by atoms with E-state index in [-0.39, 0.29) is 5.39 Å². The van der Waals surface area contributed by atoms with Gasteiger partial charge < -0.3 is 10.2 Å². The Morgan fingerprint density at radius 2 is 2.29 bits per heavy atom. The third-order valence-corrected chi connectivity index (χ3v) is 2.67. The average molecular weight is 256 g/mol. The molecular weight excluding hydrogens is 245 g/mol. The van der Waals surface area contributed by atoms with Crippen LogP contribution in [0.5, 0.6) is 0 Å². The third-order valence-electron chi connectivity index (χ3n) is 2.36. The van der Waals surface area contributed by atoms with Gasteiger partial charge in [0, 0.05) is 7.11 Å². The first-order valence-electron chi connectivity index (χ1n) is 4.90. The van der Waals surface area contributed by atoms with Gasteiger partial charge in [-0.05, 0) is 18.2 Å². The number of nitrogens with two attached hydrogens (primary N) is 1. The molecule has 1 aromatic heterocycles. The smallest absolute Gasteiger partial charge is 0.134 e. The molecule has 0 saturated heterocycles. The van der Waals surface area contributed by atoms with Crippen molar-refractivity contribution in [1.82, 2.24) is 4.98 Å². The Labute approximate surface area is 103 Å². The molecule has 2 aromatic rings. The van der Waals surface area contributed by atoms with E-state index in [9.17, 15) is 4.39 Å². The average Bonchev–Trinajstić information content (AvgIpc) is 2.33. The van der Waals surface area contributed by atoms with Gasteiger partial charge in [-0.3, -0.25) is 5.84 Å². The fourth-order valence-electron chi connectivity index (χ4n) is 1.66. The summed E-state index contributed by atoms with van der Waals surface area (Å²) in [6.45, 7) is 0.303. The van der Waals surface area contributed by atoms with Gasteiger partial charge in [-0.1, -0.05) is 11.6 Å². The van der Waals surface area contributed by atoms with Gasteiger partial charge in [0.05, 0.1) is 33.9 Å². The standard InChI is InChI=1S/C11H11ClFN3O/c1-17-5-6-4-9(16-14)10-8(13)3-2-7(12)11(10)15-6/h2-4H,5,14H2,1H3,(H,15,16). The predicted molar refractivity (Wildman–Crippen MR) is 65.2 cm³/mol. The Kier molecular flexibility index (Phi) is 3.42. The van der Waals surface area contributed by atoms with E-state index in [1.54, 1.807) is 13.2 Å². The van der Waals surface area contributed by atoms with Crippen molar-refractivity contribution in [3.8, 4) is 0 Å². The third kappa shape index (κ3) is 2.17. The number of halogens is 2. The van der Waals surface area contributed by atoms with E-state index in [4.69, 9.17) is 22.2 Å². The lowest BCUT2D eigenvalue weighted by molar-refractivity contribution is 0.182. The van der Waals surface area contributed by atoms with E-state index >= 15 is 0 Å². The topological polar surface area (TPSA) is 60.2 Å². The first kappa shape index (κ1) is 12.0. The van der Waals surface area contributed by atoms with Crippen LogP contribution in [0.25, 0.3) is 10.9 Å². The molecule has 0 radical (unpaired) electrons. The second kappa shape index (κ2) is 4.83. The number of aromatic nitrogens is 1. The summed E-state index contributed by atoms with van der Waals surface area (Å²) in [5.41, 5.74) is 3.87. The Bertz CT molecular complexity index is 562. The Balaban J connectivity index is 2.77. The van der Waals surface area contributed by atoms with Gasteiger partial charge in [0.2, 0.25) is 0 Å². The molecule has 0 spiro atoms. The molecule has 0 atom stereocenters. The number of fused-ring (bicyclic) bond motifs is 1. The van der Waals surface area contributed by atoms with E-state index in [0.717, 1.165) is 0 Å². The number of anilines is 1. The number of hydrazine groups is 1. The van der Waals surface area contributed by atoms with Gasteiger partial charge in [0.15, 0.2) is 0 Å². The van der Waals surface area contributed by atoms with Gasteiger partial charge in [-0.2, -0.15) is 0 Å². The van der Waals surface area contributed by atoms with Crippen molar-refractivity contribution in [2.24, 2.45) is 5.84 Å². The summed E-state index contributed by atoms with van der Waals surface area (Å²) < 4.78 is 18.7. The SMILES string of the molecule is COCc1cc(NN)c2c(F)ccc(Cl)c2n1. The van der Waals surface area contributed by atoms with Crippen LogP contribution in [0.15, 0.2) is 18.2 Å². The highest BCUT2D eigenvalue weighted by atomic mass is 35.5. The molecule has 0 aliphatic rings. The van der Waals surface area contributed by atoms with E-state index in [1.807, 2.05) is 0 Å². The van der Waals surface area contributed by atoms with Crippen LogP contribution in [0.4, 0.5) is 10.1 Å². The number of hydrogen-bond donors (Lipinski definition) is 2. The van der Waals surface area contributed by atoms with Crippen LogP contribution in [-0.2, 0) is 11.3 Å². The Hall–Kier alpha value is -1.43. The Morgan fingerprint density at radius 3 is 2.94 bits per heavy atom. The monoisotopic (exact) mass is 255 g/mol. The zero-order valence-electron chi connectivity index (χ0n) is 9.13. The van der Waals surface area contributed by atoms with Crippen molar-refractivity contribution in [1.29, 1.82) is 0 Å². The van der Waals surface area contributed by atoms with E-state index < -0.39 is 5.82 Å². The van der Waals surface area contributed by atoms with Gasteiger partial charge in [-0.25, -0.2) is 9.37 Å². The first-order valence-corrected chi connectivity index (χ1v) is 5.28. The molecule has 90 valence electrons. The fourth-order valence-corrected chi connectivity index (χ4v) is 1.86. The normalized spacial score (nSPS) is 10.8. The lowest BCUT2D eigenvalue weighted by Gasteiger charge is -2.10. The van der Waals surface area contributed by atoms with Gasteiger partial charge in [0.25, 0.3) is 0 Å². The molecule has 0 amide bonds. The second-order valence-corrected chi connectivity index (χ2v) is 3.90. The van der Waals surface area contributed by atoms with Crippen molar-refractivity contribution in [2.45, 2.75) is 6.61 Å². The number of ether oxygens (including phenoxy) is 1. The van der Waals surface area contributed by atoms with Crippen molar-refractivity contribution in [2.75, 3.05) is 12.5 Å². The van der Waals surface area contributed by atoms with Crippen LogP contribution in [-0.4, -0.2) is 12.1 Å². The van der Waals surface area contributed by atoms with Crippen molar-refractivity contribution in [3.63, 3.8) is 0 Å². The molecular formula is C11H11ClFN3O. The molecule has 0 aliphatic heterocycles. The predicted octanol–water partition coefficient (Wildman–Crippen LogP) is 2.46. The molecule has 6 heteroatoms. The minimum Gasteiger partial charge on any atom is -0.378 e. The van der Waals surface area contributed by atoms with E-state index in [1.165, 1.54) is 12.1 Å². The van der Waals surface area contributed by atoms with Crippen LogP contribution in [0, 0.1) is 5.82 Å². The largest absolute Gasteiger partial charge is 0.378 e. The molecule has 0 fully saturated rings. The number of nitrogens with zero attached hydrogens (tertiary/aromatic N) is 1. The maximum Gasteiger partial charge on any atom is 0.134 e. The van der Waals surface area contributed by atoms with E-state index in [2.05, 4.69) is 10.4 Å². The van der Waals surface area contributed by atoms with Crippen LogP contribution in [0.1, 0.15) is 5.69 Å². The molecule has 2 rings (SSSR count). The number of hydrogen-bond acceptors (Lipinski definition) is 4. The highest BCUT2D eigenvalue weighted by Crippen LogP contribution is 2.30. The summed E-state index contributed by atoms with van der Waals surface area (Å²) in [4.78, 5) is 4.24. The van der Waals surface area contributed by atoms with E-state index in [0.29, 0.717) is 28.5 Å². The fraction of sp³-hybridized carbons (Fsp3) is 0.182. The first-order chi connectivity index (χ1) is 8.17. The van der Waals surface area contributed by atoms with Crippen molar-refractivity contribution >= 4 is 28.2 Å². The van der Waals surface area contributed by atoms with Crippen LogP contribution in [0.3, 0.4) is 0 Å². The molecule has 1 heterocycles. The number of methoxy groups -OCH3 is 1. The second-order valence-electron chi connectivity index (χ2n) is 3.49. The van der Waals surface area contributed by atoms with Crippen LogP contribution < -0.4 is 11.3 Å². The zero-order valence-corrected chi connectivity index (χ0v) is 9.88.